The fourth-order valence-corrected chi connectivity index (χ4v) is 4.13. The molecular formula is C27H27N3O2. The monoisotopic (exact) mass is 425 g/mol. The summed E-state index contributed by atoms with van der Waals surface area (Å²) in [5, 5.41) is 9.82. The first-order valence-corrected chi connectivity index (χ1v) is 10.8. The second kappa shape index (κ2) is 10.1. The van der Waals surface area contributed by atoms with Crippen LogP contribution in [0.25, 0.3) is 5.69 Å². The van der Waals surface area contributed by atoms with Crippen LogP contribution in [0.5, 0.6) is 0 Å². The van der Waals surface area contributed by atoms with E-state index in [1.807, 2.05) is 65.4 Å². The van der Waals surface area contributed by atoms with Gasteiger partial charge in [-0.15, -0.1) is 0 Å². The van der Waals surface area contributed by atoms with Gasteiger partial charge in [0.05, 0.1) is 12.7 Å². The van der Waals surface area contributed by atoms with Crippen molar-refractivity contribution in [2.24, 2.45) is 0 Å². The van der Waals surface area contributed by atoms with Crippen molar-refractivity contribution in [3.05, 3.63) is 120 Å². The normalized spacial score (nSPS) is 13.1. The number of carboxylic acid groups (broad SMARTS) is 1. The van der Waals surface area contributed by atoms with Gasteiger partial charge in [0.15, 0.2) is 0 Å². The van der Waals surface area contributed by atoms with Crippen molar-refractivity contribution in [2.45, 2.75) is 32.0 Å². The molecule has 0 aliphatic rings. The molecule has 4 aromatic rings. The highest BCUT2D eigenvalue weighted by atomic mass is 16.4. The van der Waals surface area contributed by atoms with Gasteiger partial charge in [-0.05, 0) is 35.7 Å². The summed E-state index contributed by atoms with van der Waals surface area (Å²) in [6.45, 7) is 2.79. The summed E-state index contributed by atoms with van der Waals surface area (Å²) in [4.78, 5) is 18.4. The molecule has 0 radical (unpaired) electrons. The summed E-state index contributed by atoms with van der Waals surface area (Å²) in [7, 11) is 0. The van der Waals surface area contributed by atoms with Crippen molar-refractivity contribution in [3.63, 3.8) is 0 Å². The maximum Gasteiger partial charge on any atom is 0.305 e. The molecule has 4 rings (SSSR count). The molecule has 0 spiro atoms. The van der Waals surface area contributed by atoms with Crippen LogP contribution in [0.4, 0.5) is 0 Å². The Morgan fingerprint density at radius 3 is 2.31 bits per heavy atom. The van der Waals surface area contributed by atoms with E-state index in [0.29, 0.717) is 6.54 Å². The van der Waals surface area contributed by atoms with Gasteiger partial charge in [-0.25, -0.2) is 4.98 Å². The van der Waals surface area contributed by atoms with Crippen LogP contribution >= 0.6 is 0 Å². The van der Waals surface area contributed by atoms with Crippen LogP contribution in [-0.2, 0) is 11.3 Å². The van der Waals surface area contributed by atoms with Crippen LogP contribution in [0.3, 0.4) is 0 Å². The third-order valence-corrected chi connectivity index (χ3v) is 5.81. The third-order valence-electron chi connectivity index (χ3n) is 5.81. The number of carboxylic acids is 1. The summed E-state index contributed by atoms with van der Waals surface area (Å²) >= 11 is 0. The van der Waals surface area contributed by atoms with Gasteiger partial charge in [-0.1, -0.05) is 72.8 Å². The Kier molecular flexibility index (Phi) is 6.78. The molecule has 0 saturated carbocycles. The molecular weight excluding hydrogens is 398 g/mol. The Balaban J connectivity index is 1.77. The number of hydrogen-bond donors (Lipinski definition) is 1. The number of aliphatic carboxylic acids is 1. The smallest absolute Gasteiger partial charge is 0.305 e. The summed E-state index contributed by atoms with van der Waals surface area (Å²) in [5.74, 6) is -0.818. The second-order valence-corrected chi connectivity index (χ2v) is 7.92. The Labute approximate surface area is 188 Å². The summed E-state index contributed by atoms with van der Waals surface area (Å²) in [6, 6.07) is 28.3. The topological polar surface area (TPSA) is 58.4 Å². The van der Waals surface area contributed by atoms with E-state index >= 15 is 0 Å². The Hall–Kier alpha value is -3.70. The number of carbonyl (C=O) groups is 1. The van der Waals surface area contributed by atoms with E-state index in [2.05, 4.69) is 47.1 Å². The number of hydrogen-bond acceptors (Lipinski definition) is 3. The van der Waals surface area contributed by atoms with Gasteiger partial charge in [0.25, 0.3) is 0 Å². The van der Waals surface area contributed by atoms with Crippen molar-refractivity contribution in [2.75, 3.05) is 0 Å². The molecule has 2 atom stereocenters. The maximum atomic E-state index is 12.0. The maximum absolute atomic E-state index is 12.0. The van der Waals surface area contributed by atoms with Gasteiger partial charge in [0.2, 0.25) is 0 Å². The lowest BCUT2D eigenvalue weighted by atomic mass is 9.96. The van der Waals surface area contributed by atoms with E-state index in [-0.39, 0.29) is 18.5 Å². The number of nitrogens with zero attached hydrogens (tertiary/aromatic N) is 3. The van der Waals surface area contributed by atoms with E-state index in [9.17, 15) is 9.90 Å². The first-order valence-electron chi connectivity index (χ1n) is 10.8. The standard InChI is InChI=1S/C27H27N3O2/c1-21(23-11-6-3-7-12-23)30(19-22-9-4-2-5-10-22)26(18-27(31)32)24-13-8-14-25(17-24)29-16-15-28-20-29/h2-17,20-21,26H,18-19H2,1H3,(H,31,32)/t21-,26+/m1/s1. The van der Waals surface area contributed by atoms with Gasteiger partial charge >= 0.3 is 5.97 Å². The average molecular weight is 426 g/mol. The number of aromatic nitrogens is 2. The van der Waals surface area contributed by atoms with E-state index in [0.717, 1.165) is 22.4 Å². The van der Waals surface area contributed by atoms with Crippen molar-refractivity contribution in [1.82, 2.24) is 14.5 Å². The van der Waals surface area contributed by atoms with Gasteiger partial charge in [-0.3, -0.25) is 9.69 Å². The molecule has 0 amide bonds. The first-order chi connectivity index (χ1) is 15.6. The lowest BCUT2D eigenvalue weighted by molar-refractivity contribution is -0.138. The van der Waals surface area contributed by atoms with Crippen molar-refractivity contribution < 1.29 is 9.90 Å². The third kappa shape index (κ3) is 5.13. The molecule has 5 heteroatoms. The largest absolute Gasteiger partial charge is 0.481 e. The van der Waals surface area contributed by atoms with Crippen LogP contribution < -0.4 is 0 Å². The van der Waals surface area contributed by atoms with E-state index < -0.39 is 5.97 Å². The molecule has 1 N–H and O–H groups in total. The van der Waals surface area contributed by atoms with Crippen LogP contribution in [-0.4, -0.2) is 25.5 Å². The zero-order valence-corrected chi connectivity index (χ0v) is 18.1. The Bertz CT molecular complexity index is 1130. The summed E-state index contributed by atoms with van der Waals surface area (Å²) in [5.41, 5.74) is 4.24. The van der Waals surface area contributed by atoms with Gasteiger partial charge in [-0.2, -0.15) is 0 Å². The summed E-state index contributed by atoms with van der Waals surface area (Å²) < 4.78 is 1.93. The Morgan fingerprint density at radius 1 is 0.969 bits per heavy atom. The van der Waals surface area contributed by atoms with Crippen LogP contribution in [0.2, 0.25) is 0 Å². The lowest BCUT2D eigenvalue weighted by Gasteiger charge is -2.37. The van der Waals surface area contributed by atoms with Gasteiger partial charge < -0.3 is 9.67 Å². The first kappa shape index (κ1) is 21.5. The van der Waals surface area contributed by atoms with Gasteiger partial charge in [0, 0.05) is 36.7 Å². The van der Waals surface area contributed by atoms with Crippen LogP contribution in [0.15, 0.2) is 104 Å². The fraction of sp³-hybridized carbons (Fsp3) is 0.185. The molecule has 5 nitrogen and oxygen atoms in total. The fourth-order valence-electron chi connectivity index (χ4n) is 4.13. The number of rotatable bonds is 9. The minimum atomic E-state index is -0.818. The predicted molar refractivity (Wildman–Crippen MR) is 125 cm³/mol. The lowest BCUT2D eigenvalue weighted by Crippen LogP contribution is -2.32. The van der Waals surface area contributed by atoms with E-state index in [1.165, 1.54) is 0 Å². The molecule has 0 aliphatic carbocycles. The summed E-state index contributed by atoms with van der Waals surface area (Å²) in [6.07, 6.45) is 5.39. The van der Waals surface area contributed by atoms with Crippen molar-refractivity contribution in [1.29, 1.82) is 0 Å². The zero-order valence-electron chi connectivity index (χ0n) is 18.1. The van der Waals surface area contributed by atoms with Crippen molar-refractivity contribution in [3.8, 4) is 5.69 Å². The molecule has 0 fully saturated rings. The minimum Gasteiger partial charge on any atom is -0.481 e. The number of benzene rings is 3. The van der Waals surface area contributed by atoms with Gasteiger partial charge in [0.1, 0.15) is 0 Å². The average Bonchev–Trinajstić information content (AvgIpc) is 3.37. The highest BCUT2D eigenvalue weighted by Crippen LogP contribution is 2.35. The van der Waals surface area contributed by atoms with E-state index in [4.69, 9.17) is 0 Å². The second-order valence-electron chi connectivity index (χ2n) is 7.92. The molecule has 3 aromatic carbocycles. The van der Waals surface area contributed by atoms with Crippen LogP contribution in [0, 0.1) is 0 Å². The molecule has 1 heterocycles. The quantitative estimate of drug-likeness (QED) is 0.376. The Morgan fingerprint density at radius 2 is 1.66 bits per heavy atom. The molecule has 1 aromatic heterocycles. The molecule has 0 aliphatic heterocycles. The molecule has 0 bridgehead atoms. The highest BCUT2D eigenvalue weighted by molar-refractivity contribution is 5.68. The minimum absolute atomic E-state index is 0.0113. The van der Waals surface area contributed by atoms with Crippen molar-refractivity contribution >= 4 is 5.97 Å². The molecule has 32 heavy (non-hydrogen) atoms. The number of imidazole rings is 1. The molecule has 0 unspecified atom stereocenters. The zero-order chi connectivity index (χ0) is 22.3. The molecule has 162 valence electrons. The highest BCUT2D eigenvalue weighted by Gasteiger charge is 2.28. The predicted octanol–water partition coefficient (Wildman–Crippen LogP) is 5.65. The van der Waals surface area contributed by atoms with E-state index in [1.54, 1.807) is 12.5 Å². The molecule has 0 saturated heterocycles. The van der Waals surface area contributed by atoms with Crippen LogP contribution in [0.1, 0.15) is 42.1 Å². The SMILES string of the molecule is C[C@H](c1ccccc1)N(Cc1ccccc1)[C@@H](CC(=O)O)c1cccc(-n2ccnc2)c1.